The maximum atomic E-state index is 11.9. The number of carboxylic acid groups (broad SMARTS) is 1. The molecule has 0 aliphatic heterocycles. The summed E-state index contributed by atoms with van der Waals surface area (Å²) in [6.45, 7) is 0. The molecule has 0 bridgehead atoms. The Hall–Kier alpha value is -1.84. The van der Waals surface area contributed by atoms with Gasteiger partial charge >= 0.3 is 19.3 Å². The van der Waals surface area contributed by atoms with E-state index in [4.69, 9.17) is 15.2 Å². The molecular weight excluding hydrogens is 404 g/mol. The van der Waals surface area contributed by atoms with Crippen molar-refractivity contribution in [2.45, 2.75) is 19.0 Å². The third kappa shape index (κ3) is 8.19. The van der Waals surface area contributed by atoms with Crippen LogP contribution in [0.4, 0.5) is 13.2 Å². The lowest BCUT2D eigenvalue weighted by Gasteiger charge is -2.04. The van der Waals surface area contributed by atoms with E-state index >= 15 is 0 Å². The molecule has 0 aliphatic rings. The maximum Gasteiger partial charge on any atom is 0.488 e. The molecule has 25 heavy (non-hydrogen) atoms. The molecule has 134 valence electrons. The van der Waals surface area contributed by atoms with E-state index in [2.05, 4.69) is 15.9 Å². The van der Waals surface area contributed by atoms with Gasteiger partial charge in [0, 0.05) is 10.9 Å². The summed E-state index contributed by atoms with van der Waals surface area (Å²) in [7, 11) is -1.47. The molecule has 0 saturated heterocycles. The first-order valence-electron chi connectivity index (χ1n) is 7.09. The third-order valence-electron chi connectivity index (χ3n) is 3.08. The second kappa shape index (κ2) is 9.60. The van der Waals surface area contributed by atoms with Gasteiger partial charge in [-0.05, 0) is 41.7 Å². The zero-order valence-electron chi connectivity index (χ0n) is 12.9. The lowest BCUT2D eigenvalue weighted by molar-refractivity contribution is -0.138. The number of alkyl halides is 3. The molecule has 0 spiro atoms. The zero-order chi connectivity index (χ0) is 19.0. The average molecular weight is 419 g/mol. The minimum atomic E-state index is -4.24. The van der Waals surface area contributed by atoms with Gasteiger partial charge in [0.2, 0.25) is 0 Å². The standard InChI is InChI=1S/C9H11BO4.C7H4BrF3/c11-9(12)6-3-7-1-4-8(5-2-7)10(13)14;8-6-3-1-5(2-4-6)7(9,10)11/h1-2,4-5,13-14H,3,6H2,(H,11,12);1-4H. The molecule has 2 aromatic carbocycles. The van der Waals surface area contributed by atoms with Crippen LogP contribution in [0.2, 0.25) is 0 Å². The van der Waals surface area contributed by atoms with Crippen LogP contribution >= 0.6 is 15.9 Å². The van der Waals surface area contributed by atoms with Crippen molar-refractivity contribution in [1.29, 1.82) is 0 Å². The molecule has 2 rings (SSSR count). The van der Waals surface area contributed by atoms with Gasteiger partial charge in [0.25, 0.3) is 0 Å². The number of aryl methyl sites for hydroxylation is 1. The Balaban J connectivity index is 0.000000257. The molecule has 4 nitrogen and oxygen atoms in total. The van der Waals surface area contributed by atoms with E-state index < -0.39 is 24.8 Å². The van der Waals surface area contributed by atoms with Crippen LogP contribution in [0.25, 0.3) is 0 Å². The highest BCUT2D eigenvalue weighted by atomic mass is 79.9. The van der Waals surface area contributed by atoms with Crippen molar-refractivity contribution < 1.29 is 33.1 Å². The summed E-state index contributed by atoms with van der Waals surface area (Å²) in [5, 5.41) is 26.0. The number of hydrogen-bond acceptors (Lipinski definition) is 3. The van der Waals surface area contributed by atoms with Crippen LogP contribution in [0.1, 0.15) is 17.5 Å². The quantitative estimate of drug-likeness (QED) is 0.667. The monoisotopic (exact) mass is 418 g/mol. The summed E-state index contributed by atoms with van der Waals surface area (Å²) in [6.07, 6.45) is -3.70. The number of aliphatic carboxylic acids is 1. The Morgan fingerprint density at radius 2 is 1.52 bits per heavy atom. The summed E-state index contributed by atoms with van der Waals surface area (Å²) >= 11 is 3.04. The molecule has 0 atom stereocenters. The summed E-state index contributed by atoms with van der Waals surface area (Å²) in [6, 6.07) is 11.3. The van der Waals surface area contributed by atoms with Gasteiger partial charge in [-0.2, -0.15) is 13.2 Å². The Labute approximate surface area is 151 Å². The van der Waals surface area contributed by atoms with E-state index in [0.717, 1.165) is 17.7 Å². The molecule has 0 saturated carbocycles. The first kappa shape index (κ1) is 21.2. The number of rotatable bonds is 4. The lowest BCUT2D eigenvalue weighted by Crippen LogP contribution is -2.29. The number of carboxylic acids is 1. The summed E-state index contributed by atoms with van der Waals surface area (Å²) < 4.78 is 36.4. The molecule has 0 amide bonds. The fourth-order valence-electron chi connectivity index (χ4n) is 1.75. The van der Waals surface area contributed by atoms with Gasteiger partial charge in [-0.15, -0.1) is 0 Å². The molecule has 0 fully saturated rings. The van der Waals surface area contributed by atoms with E-state index in [-0.39, 0.29) is 6.42 Å². The van der Waals surface area contributed by atoms with Crippen LogP contribution in [-0.2, 0) is 17.4 Å². The van der Waals surface area contributed by atoms with Gasteiger partial charge in [-0.1, -0.05) is 40.2 Å². The molecular formula is C16H15BBrF3O4. The van der Waals surface area contributed by atoms with Gasteiger partial charge in [0.1, 0.15) is 0 Å². The smallest absolute Gasteiger partial charge is 0.481 e. The fraction of sp³-hybridized carbons (Fsp3) is 0.188. The highest BCUT2D eigenvalue weighted by Gasteiger charge is 2.29. The Morgan fingerprint density at radius 3 is 1.92 bits per heavy atom. The van der Waals surface area contributed by atoms with Crippen molar-refractivity contribution in [1.82, 2.24) is 0 Å². The molecule has 0 radical (unpaired) electrons. The zero-order valence-corrected chi connectivity index (χ0v) is 14.5. The van der Waals surface area contributed by atoms with E-state index in [9.17, 15) is 18.0 Å². The summed E-state index contributed by atoms with van der Waals surface area (Å²) in [4.78, 5) is 10.3. The second-order valence-corrected chi connectivity index (χ2v) is 5.93. The van der Waals surface area contributed by atoms with E-state index in [0.29, 0.717) is 16.4 Å². The molecule has 9 heteroatoms. The van der Waals surface area contributed by atoms with Crippen molar-refractivity contribution in [2.24, 2.45) is 0 Å². The van der Waals surface area contributed by atoms with Crippen LogP contribution in [0.3, 0.4) is 0 Å². The molecule has 0 aliphatic carbocycles. The lowest BCUT2D eigenvalue weighted by atomic mass is 9.80. The van der Waals surface area contributed by atoms with Gasteiger partial charge in [0.05, 0.1) is 5.56 Å². The number of hydrogen-bond donors (Lipinski definition) is 3. The van der Waals surface area contributed by atoms with Crippen LogP contribution in [-0.4, -0.2) is 28.2 Å². The number of carbonyl (C=O) groups is 1. The van der Waals surface area contributed by atoms with Crippen molar-refractivity contribution in [3.8, 4) is 0 Å². The van der Waals surface area contributed by atoms with Crippen molar-refractivity contribution >= 4 is 34.5 Å². The number of halogens is 4. The van der Waals surface area contributed by atoms with Crippen LogP contribution in [0, 0.1) is 0 Å². The largest absolute Gasteiger partial charge is 0.488 e. The third-order valence-corrected chi connectivity index (χ3v) is 3.61. The molecule has 0 heterocycles. The predicted molar refractivity (Wildman–Crippen MR) is 91.4 cm³/mol. The van der Waals surface area contributed by atoms with Gasteiger partial charge < -0.3 is 15.2 Å². The average Bonchev–Trinajstić information content (AvgIpc) is 2.53. The van der Waals surface area contributed by atoms with E-state index in [1.807, 2.05) is 0 Å². The minimum Gasteiger partial charge on any atom is -0.481 e. The van der Waals surface area contributed by atoms with E-state index in [1.54, 1.807) is 24.3 Å². The topological polar surface area (TPSA) is 77.8 Å². The first-order valence-corrected chi connectivity index (χ1v) is 7.88. The van der Waals surface area contributed by atoms with Crippen LogP contribution < -0.4 is 5.46 Å². The highest BCUT2D eigenvalue weighted by molar-refractivity contribution is 9.10. The highest BCUT2D eigenvalue weighted by Crippen LogP contribution is 2.29. The van der Waals surface area contributed by atoms with Gasteiger partial charge in [-0.25, -0.2) is 0 Å². The Kier molecular flexibility index (Phi) is 8.14. The molecule has 2 aromatic rings. The van der Waals surface area contributed by atoms with Crippen molar-refractivity contribution in [2.75, 3.05) is 0 Å². The Morgan fingerprint density at radius 1 is 1.00 bits per heavy atom. The van der Waals surface area contributed by atoms with Crippen LogP contribution in [0.15, 0.2) is 53.0 Å². The predicted octanol–water partition coefficient (Wildman–Crippen LogP) is 2.85. The summed E-state index contributed by atoms with van der Waals surface area (Å²) in [5.74, 6) is -0.837. The van der Waals surface area contributed by atoms with Gasteiger partial charge in [-0.3, -0.25) is 4.79 Å². The molecule has 3 N–H and O–H groups in total. The molecule has 0 aromatic heterocycles. The van der Waals surface area contributed by atoms with E-state index in [1.165, 1.54) is 12.1 Å². The second-order valence-electron chi connectivity index (χ2n) is 5.01. The Bertz CT molecular complexity index is 673. The first-order chi connectivity index (χ1) is 11.6. The molecule has 0 unspecified atom stereocenters. The van der Waals surface area contributed by atoms with Crippen molar-refractivity contribution in [3.63, 3.8) is 0 Å². The minimum absolute atomic E-state index is 0.0844. The summed E-state index contributed by atoms with van der Waals surface area (Å²) in [5.41, 5.74) is 0.654. The van der Waals surface area contributed by atoms with Crippen molar-refractivity contribution in [3.05, 3.63) is 64.1 Å². The normalized spacial score (nSPS) is 10.6. The van der Waals surface area contributed by atoms with Gasteiger partial charge in [0.15, 0.2) is 0 Å². The maximum absolute atomic E-state index is 11.9. The SMILES string of the molecule is FC(F)(F)c1ccc(Br)cc1.O=C(O)CCc1ccc(B(O)O)cc1. The number of benzene rings is 2. The fourth-order valence-corrected chi connectivity index (χ4v) is 2.01. The van der Waals surface area contributed by atoms with Crippen LogP contribution in [0.5, 0.6) is 0 Å².